The van der Waals surface area contributed by atoms with Gasteiger partial charge < -0.3 is 20.3 Å². The summed E-state index contributed by atoms with van der Waals surface area (Å²) in [6.45, 7) is 10.8. The topological polar surface area (TPSA) is 98.9 Å². The molecule has 0 aromatic heterocycles. The van der Waals surface area contributed by atoms with Gasteiger partial charge in [-0.25, -0.2) is 4.79 Å². The molecule has 1 aliphatic carbocycles. The highest BCUT2D eigenvalue weighted by atomic mass is 127. The van der Waals surface area contributed by atoms with Gasteiger partial charge in [-0.1, -0.05) is 55.4 Å². The highest BCUT2D eigenvalue weighted by Crippen LogP contribution is 2.41. The van der Waals surface area contributed by atoms with Gasteiger partial charge in [0.2, 0.25) is 0 Å². The van der Waals surface area contributed by atoms with Crippen molar-refractivity contribution in [3.63, 3.8) is 0 Å². The van der Waals surface area contributed by atoms with Crippen molar-refractivity contribution >= 4 is 79.7 Å². The molecule has 0 spiro atoms. The maximum Gasteiger partial charge on any atom is 0.336 e. The smallest absolute Gasteiger partial charge is 0.336 e. The number of ether oxygens (including phenoxy) is 2. The maximum absolute atomic E-state index is 12.6. The Kier molecular flexibility index (Phi) is 13.7. The van der Waals surface area contributed by atoms with Gasteiger partial charge in [-0.05, 0) is 167 Å². The summed E-state index contributed by atoms with van der Waals surface area (Å²) in [6, 6.07) is 8.03. The van der Waals surface area contributed by atoms with E-state index < -0.39 is 18.0 Å². The van der Waals surface area contributed by atoms with Gasteiger partial charge in [0.05, 0.1) is 10.7 Å². The maximum atomic E-state index is 12.6. The Bertz CT molecular complexity index is 1540. The molecular weight excluding hydrogens is 895 g/mol. The van der Waals surface area contributed by atoms with E-state index in [4.69, 9.17) is 20.3 Å². The number of carboxylic acid groups (broad SMARTS) is 1. The molecule has 0 fully saturated rings. The average molecular weight is 933 g/mol. The Morgan fingerprint density at radius 2 is 1.73 bits per heavy atom. The fourth-order valence-electron chi connectivity index (χ4n) is 4.92. The zero-order valence-corrected chi connectivity index (χ0v) is 32.0. The Morgan fingerprint density at radius 1 is 1.05 bits per heavy atom. The van der Waals surface area contributed by atoms with Crippen molar-refractivity contribution in [2.45, 2.75) is 66.3 Å². The molecule has 0 radical (unpaired) electrons. The number of hydrogen-bond acceptors (Lipinski definition) is 5. The van der Waals surface area contributed by atoms with Crippen molar-refractivity contribution in [2.75, 3.05) is 0 Å². The molecule has 0 saturated heterocycles. The van der Waals surface area contributed by atoms with Crippen LogP contribution in [0.25, 0.3) is 0 Å². The minimum Gasteiger partial charge on any atom is -0.480 e. The van der Waals surface area contributed by atoms with Gasteiger partial charge in [0.15, 0.2) is 5.75 Å². The van der Waals surface area contributed by atoms with Gasteiger partial charge in [0, 0.05) is 6.08 Å². The van der Waals surface area contributed by atoms with Crippen molar-refractivity contribution in [1.29, 1.82) is 0 Å². The number of carbonyl (C=O) groups excluding carboxylic acids is 1. The van der Waals surface area contributed by atoms with E-state index in [-0.39, 0.29) is 11.8 Å². The van der Waals surface area contributed by atoms with Crippen LogP contribution in [0.4, 0.5) is 0 Å². The molecule has 0 heterocycles. The number of rotatable bonds is 11. The van der Waals surface area contributed by atoms with E-state index in [9.17, 15) is 9.59 Å². The molecule has 0 aliphatic heterocycles. The number of allylic oxidation sites excluding steroid dienone is 9. The van der Waals surface area contributed by atoms with Crippen LogP contribution >= 0.6 is 67.8 Å². The number of carbonyl (C=O) groups is 2. The van der Waals surface area contributed by atoms with Crippen molar-refractivity contribution in [2.24, 2.45) is 11.1 Å². The number of hydrogen-bond donors (Lipinski definition) is 2. The first-order valence-corrected chi connectivity index (χ1v) is 17.5. The lowest BCUT2D eigenvalue weighted by molar-refractivity contribution is -0.138. The van der Waals surface area contributed by atoms with Gasteiger partial charge in [0.25, 0.3) is 0 Å². The number of halogens is 3. The monoisotopic (exact) mass is 933 g/mol. The van der Waals surface area contributed by atoms with Crippen molar-refractivity contribution in [1.82, 2.24) is 0 Å². The highest BCUT2D eigenvalue weighted by Gasteiger charge is 2.26. The second-order valence-corrected chi connectivity index (χ2v) is 15.1. The molecule has 0 bridgehead atoms. The van der Waals surface area contributed by atoms with Gasteiger partial charge >= 0.3 is 11.9 Å². The minimum absolute atomic E-state index is 0.213. The van der Waals surface area contributed by atoms with E-state index in [0.717, 1.165) is 27.4 Å². The molecule has 1 aliphatic rings. The van der Waals surface area contributed by atoms with Gasteiger partial charge in [-0.3, -0.25) is 4.79 Å². The quantitative estimate of drug-likeness (QED) is 0.0766. The summed E-state index contributed by atoms with van der Waals surface area (Å²) in [6.07, 6.45) is 15.6. The number of benzene rings is 2. The molecule has 44 heavy (non-hydrogen) atoms. The molecule has 3 rings (SSSR count). The third kappa shape index (κ3) is 10.8. The summed E-state index contributed by atoms with van der Waals surface area (Å²) in [4.78, 5) is 23.7. The van der Waals surface area contributed by atoms with Crippen molar-refractivity contribution in [3.05, 3.63) is 105 Å². The van der Waals surface area contributed by atoms with Crippen molar-refractivity contribution < 1.29 is 24.2 Å². The van der Waals surface area contributed by atoms with E-state index in [1.807, 2.05) is 37.3 Å². The summed E-state index contributed by atoms with van der Waals surface area (Å²) < 4.78 is 14.1. The van der Waals surface area contributed by atoms with Crippen LogP contribution in [0.1, 0.15) is 59.4 Å². The fourth-order valence-corrected chi connectivity index (χ4v) is 7.63. The van der Waals surface area contributed by atoms with E-state index in [0.29, 0.717) is 17.2 Å². The van der Waals surface area contributed by atoms with E-state index in [1.54, 1.807) is 18.2 Å². The number of nitrogens with two attached hydrogens (primary N) is 1. The van der Waals surface area contributed by atoms with Crippen LogP contribution < -0.4 is 15.2 Å². The van der Waals surface area contributed by atoms with Crippen LogP contribution in [-0.4, -0.2) is 23.1 Å². The first-order valence-electron chi connectivity index (χ1n) is 14.2. The van der Waals surface area contributed by atoms with Gasteiger partial charge in [0.1, 0.15) is 17.5 Å². The van der Waals surface area contributed by atoms with Crippen molar-refractivity contribution in [3.8, 4) is 17.2 Å². The highest BCUT2D eigenvalue weighted by molar-refractivity contribution is 14.1. The summed E-state index contributed by atoms with van der Waals surface area (Å²) in [5.41, 5.74) is 11.6. The zero-order chi connectivity index (χ0) is 32.6. The van der Waals surface area contributed by atoms with Gasteiger partial charge in [-0.15, -0.1) is 0 Å². The zero-order valence-electron chi connectivity index (χ0n) is 25.5. The lowest BCUT2D eigenvalue weighted by Gasteiger charge is -2.32. The lowest BCUT2D eigenvalue weighted by Crippen LogP contribution is -2.32. The lowest BCUT2D eigenvalue weighted by atomic mass is 9.72. The third-order valence-electron chi connectivity index (χ3n) is 7.28. The number of aliphatic carboxylic acids is 1. The largest absolute Gasteiger partial charge is 0.480 e. The second-order valence-electron chi connectivity index (χ2n) is 11.6. The van der Waals surface area contributed by atoms with Crippen LogP contribution in [0, 0.1) is 16.1 Å². The SMILES string of the molecule is CC(C=CC1=C(C)CCCC1(C)C)=CC=CC(C)=CC(=O)Oc1ccc(Oc2c(I)cc(CC(N)C(=O)O)cc2I)cc1I. The van der Waals surface area contributed by atoms with Crippen LogP contribution in [0.5, 0.6) is 17.2 Å². The third-order valence-corrected chi connectivity index (χ3v) is 9.73. The molecule has 1 unspecified atom stereocenters. The Labute approximate surface area is 301 Å². The van der Waals surface area contributed by atoms with Crippen LogP contribution in [0.2, 0.25) is 0 Å². The second kappa shape index (κ2) is 16.5. The summed E-state index contributed by atoms with van der Waals surface area (Å²) >= 11 is 6.44. The molecular formula is C35H38I3NO5. The predicted octanol–water partition coefficient (Wildman–Crippen LogP) is 9.68. The first kappa shape index (κ1) is 36.5. The summed E-state index contributed by atoms with van der Waals surface area (Å²) in [7, 11) is 0. The number of carboxylic acids is 1. The average Bonchev–Trinajstić information content (AvgIpc) is 2.91. The van der Waals surface area contributed by atoms with Crippen LogP contribution in [0.15, 0.2) is 89.1 Å². The molecule has 234 valence electrons. The van der Waals surface area contributed by atoms with E-state index in [2.05, 4.69) is 108 Å². The molecule has 3 N–H and O–H groups in total. The molecule has 2 aromatic rings. The van der Waals surface area contributed by atoms with Gasteiger partial charge in [-0.2, -0.15) is 0 Å². The standard InChI is InChI=1S/C35H38I3NO5/c1-21(11-13-26-23(3)10-7-15-35(26,4)5)8-6-9-22(2)16-32(40)44-31-14-12-25(20-27(31)36)43-33-28(37)17-24(18-29(33)38)19-30(39)34(41)42/h6,8-9,11-14,16-18,20,30H,7,10,15,19,39H2,1-5H3,(H,41,42). The molecule has 0 saturated carbocycles. The molecule has 1 atom stereocenters. The fraction of sp³-hybridized carbons (Fsp3) is 0.314. The summed E-state index contributed by atoms with van der Waals surface area (Å²) in [5, 5.41) is 9.10. The van der Waals surface area contributed by atoms with E-state index in [1.165, 1.54) is 36.5 Å². The normalized spacial score (nSPS) is 16.5. The van der Waals surface area contributed by atoms with E-state index >= 15 is 0 Å². The number of esters is 1. The van der Waals surface area contributed by atoms with Crippen LogP contribution in [-0.2, 0) is 16.0 Å². The Morgan fingerprint density at radius 3 is 2.34 bits per heavy atom. The molecule has 6 nitrogen and oxygen atoms in total. The first-order chi connectivity index (χ1) is 20.7. The Hall–Kier alpha value is -1.97. The predicted molar refractivity (Wildman–Crippen MR) is 202 cm³/mol. The molecule has 0 amide bonds. The molecule has 2 aromatic carbocycles. The summed E-state index contributed by atoms with van der Waals surface area (Å²) in [5.74, 6) is 0.194. The molecule has 9 heteroatoms. The Balaban J connectivity index is 1.61. The minimum atomic E-state index is -1.04. The van der Waals surface area contributed by atoms with Crippen LogP contribution in [0.3, 0.4) is 0 Å².